The lowest BCUT2D eigenvalue weighted by Gasteiger charge is -2.13. The minimum absolute atomic E-state index is 0.0343. The molecule has 0 atom stereocenters. The lowest BCUT2D eigenvalue weighted by atomic mass is 10.1. The molecule has 0 saturated carbocycles. The molecule has 6 heteroatoms. The molecule has 0 unspecified atom stereocenters. The third kappa shape index (κ3) is 4.65. The monoisotopic (exact) mass is 308 g/mol. The second kappa shape index (κ2) is 8.26. The number of nitrogens with one attached hydrogen (secondary N) is 2. The molecule has 2 N–H and O–H groups in total. The summed E-state index contributed by atoms with van der Waals surface area (Å²) in [6, 6.07) is 3.33. The first-order valence-electron chi connectivity index (χ1n) is 7.19. The van der Waals surface area contributed by atoms with E-state index in [1.54, 1.807) is 26.4 Å². The second-order valence-corrected chi connectivity index (χ2v) is 5.21. The van der Waals surface area contributed by atoms with Crippen molar-refractivity contribution in [3.63, 3.8) is 0 Å². The van der Waals surface area contributed by atoms with Crippen LogP contribution in [0.5, 0.6) is 11.5 Å². The van der Waals surface area contributed by atoms with Gasteiger partial charge < -0.3 is 20.1 Å². The van der Waals surface area contributed by atoms with Crippen molar-refractivity contribution in [2.75, 3.05) is 27.3 Å². The maximum Gasteiger partial charge on any atom is 0.251 e. The van der Waals surface area contributed by atoms with Gasteiger partial charge in [-0.05, 0) is 19.1 Å². The van der Waals surface area contributed by atoms with Gasteiger partial charge in [-0.1, -0.05) is 13.8 Å². The number of amides is 2. The summed E-state index contributed by atoms with van der Waals surface area (Å²) in [5, 5.41) is 5.49. The quantitative estimate of drug-likeness (QED) is 0.749. The summed E-state index contributed by atoms with van der Waals surface area (Å²) in [7, 11) is 3.09. The largest absolute Gasteiger partial charge is 0.496 e. The molecule has 0 radical (unpaired) electrons. The van der Waals surface area contributed by atoms with Gasteiger partial charge >= 0.3 is 0 Å². The van der Waals surface area contributed by atoms with Crippen LogP contribution in [0.15, 0.2) is 12.1 Å². The molecule has 122 valence electrons. The Labute approximate surface area is 131 Å². The highest BCUT2D eigenvalue weighted by Gasteiger charge is 2.13. The van der Waals surface area contributed by atoms with Crippen molar-refractivity contribution in [2.24, 2.45) is 5.92 Å². The molecule has 1 rings (SSSR count). The maximum absolute atomic E-state index is 12.1. The third-order valence-electron chi connectivity index (χ3n) is 3.25. The van der Waals surface area contributed by atoms with E-state index in [0.717, 1.165) is 5.56 Å². The number of methoxy groups -OCH3 is 2. The van der Waals surface area contributed by atoms with E-state index in [1.165, 1.54) is 0 Å². The van der Waals surface area contributed by atoms with Gasteiger partial charge in [-0.15, -0.1) is 0 Å². The van der Waals surface area contributed by atoms with Crippen LogP contribution in [0.1, 0.15) is 29.8 Å². The first kappa shape index (κ1) is 17.8. The van der Waals surface area contributed by atoms with Gasteiger partial charge in [-0.25, -0.2) is 0 Å². The van der Waals surface area contributed by atoms with Crippen LogP contribution < -0.4 is 20.1 Å². The highest BCUT2D eigenvalue weighted by molar-refractivity contribution is 5.95. The lowest BCUT2D eigenvalue weighted by Crippen LogP contribution is -2.36. The molecule has 0 bridgehead atoms. The van der Waals surface area contributed by atoms with Crippen molar-refractivity contribution in [2.45, 2.75) is 20.8 Å². The topological polar surface area (TPSA) is 76.7 Å². The summed E-state index contributed by atoms with van der Waals surface area (Å²) in [5.74, 6) is 0.847. The molecule has 0 spiro atoms. The number of carbonyl (C=O) groups is 2. The number of rotatable bonds is 7. The van der Waals surface area contributed by atoms with E-state index in [-0.39, 0.29) is 17.7 Å². The molecule has 0 aliphatic carbocycles. The summed E-state index contributed by atoms with van der Waals surface area (Å²) in [4.78, 5) is 23.5. The number of ether oxygens (including phenoxy) is 2. The number of carbonyl (C=O) groups excluding carboxylic acids is 2. The molecule has 0 fully saturated rings. The standard InChI is InChI=1S/C16H24N2O4/c1-10(2)15(19)17-6-7-18-16(20)12-8-13(21-4)11(3)14(9-12)22-5/h8-10H,6-7H2,1-5H3,(H,17,19)(H,18,20). The first-order valence-corrected chi connectivity index (χ1v) is 7.19. The van der Waals surface area contributed by atoms with Gasteiger partial charge in [0.2, 0.25) is 5.91 Å². The molecule has 0 aliphatic rings. The highest BCUT2D eigenvalue weighted by atomic mass is 16.5. The average molecular weight is 308 g/mol. The molecule has 1 aromatic rings. The average Bonchev–Trinajstić information content (AvgIpc) is 2.51. The molecule has 22 heavy (non-hydrogen) atoms. The minimum atomic E-state index is -0.240. The number of hydrogen-bond donors (Lipinski definition) is 2. The predicted molar refractivity (Wildman–Crippen MR) is 84.5 cm³/mol. The Morgan fingerprint density at radius 1 is 1.05 bits per heavy atom. The van der Waals surface area contributed by atoms with E-state index in [1.807, 2.05) is 20.8 Å². The van der Waals surface area contributed by atoms with Crippen LogP contribution in [-0.2, 0) is 4.79 Å². The van der Waals surface area contributed by atoms with E-state index >= 15 is 0 Å². The fourth-order valence-electron chi connectivity index (χ4n) is 1.89. The summed E-state index contributed by atoms with van der Waals surface area (Å²) in [6.45, 7) is 6.25. The van der Waals surface area contributed by atoms with Crippen molar-refractivity contribution >= 4 is 11.8 Å². The van der Waals surface area contributed by atoms with E-state index in [2.05, 4.69) is 10.6 Å². The lowest BCUT2D eigenvalue weighted by molar-refractivity contribution is -0.123. The van der Waals surface area contributed by atoms with Crippen LogP contribution in [-0.4, -0.2) is 39.1 Å². The van der Waals surface area contributed by atoms with Gasteiger partial charge in [0.1, 0.15) is 11.5 Å². The van der Waals surface area contributed by atoms with Crippen molar-refractivity contribution in [3.05, 3.63) is 23.3 Å². The molecule has 1 aromatic carbocycles. The number of benzene rings is 1. The van der Waals surface area contributed by atoms with Crippen LogP contribution in [0.4, 0.5) is 0 Å². The van der Waals surface area contributed by atoms with E-state index in [9.17, 15) is 9.59 Å². The van der Waals surface area contributed by atoms with E-state index < -0.39 is 0 Å². The summed E-state index contributed by atoms with van der Waals surface area (Å²) >= 11 is 0. The normalized spacial score (nSPS) is 10.3. The van der Waals surface area contributed by atoms with E-state index in [4.69, 9.17) is 9.47 Å². The third-order valence-corrected chi connectivity index (χ3v) is 3.25. The van der Waals surface area contributed by atoms with Gasteiger partial charge in [0.05, 0.1) is 14.2 Å². The SMILES string of the molecule is COc1cc(C(=O)NCCNC(=O)C(C)C)cc(OC)c1C. The molecule has 0 aliphatic heterocycles. The fourth-order valence-corrected chi connectivity index (χ4v) is 1.89. The van der Waals surface area contributed by atoms with Gasteiger partial charge in [-0.3, -0.25) is 9.59 Å². The van der Waals surface area contributed by atoms with Gasteiger partial charge in [0.15, 0.2) is 0 Å². The van der Waals surface area contributed by atoms with Gasteiger partial charge in [0.25, 0.3) is 5.91 Å². The molecule has 0 aromatic heterocycles. The van der Waals surface area contributed by atoms with Crippen LogP contribution in [0, 0.1) is 12.8 Å². The van der Waals surface area contributed by atoms with Crippen LogP contribution >= 0.6 is 0 Å². The van der Waals surface area contributed by atoms with Crippen molar-refractivity contribution < 1.29 is 19.1 Å². The Morgan fingerprint density at radius 3 is 2.00 bits per heavy atom. The van der Waals surface area contributed by atoms with Crippen LogP contribution in [0.25, 0.3) is 0 Å². The van der Waals surface area contributed by atoms with Gasteiger partial charge in [-0.2, -0.15) is 0 Å². The molecule has 0 saturated heterocycles. The highest BCUT2D eigenvalue weighted by Crippen LogP contribution is 2.29. The first-order chi connectivity index (χ1) is 10.4. The molecule has 0 heterocycles. The predicted octanol–water partition coefficient (Wildman–Crippen LogP) is 1.51. The minimum Gasteiger partial charge on any atom is -0.496 e. The zero-order valence-corrected chi connectivity index (χ0v) is 13.8. The Morgan fingerprint density at radius 2 is 1.55 bits per heavy atom. The van der Waals surface area contributed by atoms with Crippen molar-refractivity contribution in [1.29, 1.82) is 0 Å². The zero-order valence-electron chi connectivity index (χ0n) is 13.8. The Bertz CT molecular complexity index is 516. The van der Waals surface area contributed by atoms with Crippen LogP contribution in [0.3, 0.4) is 0 Å². The van der Waals surface area contributed by atoms with Crippen molar-refractivity contribution in [3.8, 4) is 11.5 Å². The summed E-state index contributed by atoms with van der Waals surface area (Å²) in [6.07, 6.45) is 0. The molecule has 6 nitrogen and oxygen atoms in total. The number of hydrogen-bond acceptors (Lipinski definition) is 4. The van der Waals surface area contributed by atoms with Gasteiger partial charge in [0, 0.05) is 30.1 Å². The Kier molecular flexibility index (Phi) is 6.69. The Hall–Kier alpha value is -2.24. The summed E-state index contributed by atoms with van der Waals surface area (Å²) in [5.41, 5.74) is 1.29. The Balaban J connectivity index is 2.64. The smallest absolute Gasteiger partial charge is 0.251 e. The molecular weight excluding hydrogens is 284 g/mol. The molecular formula is C16H24N2O4. The zero-order chi connectivity index (χ0) is 16.7. The maximum atomic E-state index is 12.1. The fraction of sp³-hybridized carbons (Fsp3) is 0.500. The molecule has 2 amide bonds. The van der Waals surface area contributed by atoms with E-state index in [0.29, 0.717) is 30.2 Å². The second-order valence-electron chi connectivity index (χ2n) is 5.21. The van der Waals surface area contributed by atoms with Crippen LogP contribution in [0.2, 0.25) is 0 Å². The van der Waals surface area contributed by atoms with Crippen molar-refractivity contribution in [1.82, 2.24) is 10.6 Å². The summed E-state index contributed by atoms with van der Waals surface area (Å²) < 4.78 is 10.5.